The molecule has 0 aromatic carbocycles. The highest BCUT2D eigenvalue weighted by Gasteiger charge is 2.53. The summed E-state index contributed by atoms with van der Waals surface area (Å²) in [6.07, 6.45) is 1.07. The van der Waals surface area contributed by atoms with Gasteiger partial charge < -0.3 is 15.6 Å². The largest absolute Gasteiger partial charge is 0.481 e. The van der Waals surface area contributed by atoms with Gasteiger partial charge in [0.2, 0.25) is 0 Å². The molecule has 0 aliphatic carbocycles. The van der Waals surface area contributed by atoms with E-state index in [2.05, 4.69) is 0 Å². The van der Waals surface area contributed by atoms with E-state index in [1.54, 1.807) is 6.92 Å². The highest BCUT2D eigenvalue weighted by atomic mass is 16.4. The Bertz CT molecular complexity index is 289. The number of carbonyl (C=O) groups is 2. The van der Waals surface area contributed by atoms with Crippen LogP contribution in [0.4, 0.5) is 0 Å². The van der Waals surface area contributed by atoms with Gasteiger partial charge in [-0.1, -0.05) is 6.92 Å². The molecule has 3 N–H and O–H groups in total. The number of hydrogen-bond donors (Lipinski definition) is 3. The molecule has 0 aliphatic rings. The number of aliphatic carboxylic acids is 2. The van der Waals surface area contributed by atoms with Gasteiger partial charge in [0.25, 0.3) is 0 Å². The molecule has 15 heavy (non-hydrogen) atoms. The Morgan fingerprint density at radius 2 is 1.60 bits per heavy atom. The van der Waals surface area contributed by atoms with Gasteiger partial charge in [-0.15, -0.1) is 0 Å². The van der Waals surface area contributed by atoms with Crippen LogP contribution in [-0.2, 0) is 9.59 Å². The van der Waals surface area contributed by atoms with Crippen molar-refractivity contribution < 1.29 is 19.8 Å². The predicted molar refractivity (Wildman–Crippen MR) is 55.2 cm³/mol. The van der Waals surface area contributed by atoms with Gasteiger partial charge in [-0.3, -0.25) is 9.59 Å². The highest BCUT2D eigenvalue weighted by molar-refractivity contribution is 5.88. The second-order valence-corrected chi connectivity index (χ2v) is 4.04. The summed E-state index contributed by atoms with van der Waals surface area (Å²) >= 11 is 0. The third kappa shape index (κ3) is 2.00. The van der Waals surface area contributed by atoms with Crippen molar-refractivity contribution in [2.75, 3.05) is 0 Å². The zero-order valence-corrected chi connectivity index (χ0v) is 9.20. The van der Waals surface area contributed by atoms with Crippen molar-refractivity contribution in [2.24, 2.45) is 10.8 Å². The Morgan fingerprint density at radius 1 is 1.20 bits per heavy atom. The molecule has 0 saturated carbocycles. The van der Waals surface area contributed by atoms with Gasteiger partial charge in [0, 0.05) is 0 Å². The molecular formula is C10H17NO4. The molecule has 0 aromatic heterocycles. The first-order valence-corrected chi connectivity index (χ1v) is 4.72. The van der Waals surface area contributed by atoms with Crippen LogP contribution in [0, 0.1) is 16.2 Å². The van der Waals surface area contributed by atoms with E-state index in [-0.39, 0.29) is 12.8 Å². The Labute approximate surface area is 88.6 Å². The maximum Gasteiger partial charge on any atom is 0.310 e. The molecule has 0 unspecified atom stereocenters. The summed E-state index contributed by atoms with van der Waals surface area (Å²) in [4.78, 5) is 22.3. The highest BCUT2D eigenvalue weighted by Crippen LogP contribution is 2.44. The van der Waals surface area contributed by atoms with Crippen LogP contribution >= 0.6 is 0 Å². The summed E-state index contributed by atoms with van der Waals surface area (Å²) in [6.45, 7) is 4.42. The van der Waals surface area contributed by atoms with Crippen LogP contribution in [0.3, 0.4) is 0 Å². The van der Waals surface area contributed by atoms with E-state index in [1.807, 2.05) is 0 Å². The summed E-state index contributed by atoms with van der Waals surface area (Å²) in [6, 6.07) is 0. The van der Waals surface area contributed by atoms with Crippen molar-refractivity contribution in [3.63, 3.8) is 0 Å². The summed E-state index contributed by atoms with van der Waals surface area (Å²) in [7, 11) is 0. The fourth-order valence-electron chi connectivity index (χ4n) is 1.53. The number of nitrogens with one attached hydrogen (secondary N) is 1. The maximum atomic E-state index is 11.2. The van der Waals surface area contributed by atoms with E-state index in [9.17, 15) is 9.59 Å². The van der Waals surface area contributed by atoms with Crippen molar-refractivity contribution in [1.29, 1.82) is 5.41 Å². The quantitative estimate of drug-likeness (QED) is 0.586. The van der Waals surface area contributed by atoms with E-state index in [0.29, 0.717) is 0 Å². The molecule has 0 spiro atoms. The zero-order chi connectivity index (χ0) is 12.3. The van der Waals surface area contributed by atoms with Crippen molar-refractivity contribution in [3.8, 4) is 0 Å². The van der Waals surface area contributed by atoms with E-state index >= 15 is 0 Å². The number of rotatable bonds is 6. The predicted octanol–water partition coefficient (Wildman–Crippen LogP) is 1.62. The lowest BCUT2D eigenvalue weighted by Crippen LogP contribution is -2.49. The van der Waals surface area contributed by atoms with Crippen molar-refractivity contribution in [3.05, 3.63) is 0 Å². The molecule has 0 bridgehead atoms. The summed E-state index contributed by atoms with van der Waals surface area (Å²) in [5.74, 6) is -2.32. The average molecular weight is 215 g/mol. The average Bonchev–Trinajstić information content (AvgIpc) is 2.15. The minimum atomic E-state index is -1.45. The maximum absolute atomic E-state index is 11.2. The number of carboxylic acid groups (broad SMARTS) is 2. The van der Waals surface area contributed by atoms with Gasteiger partial charge in [0.05, 0.1) is 10.8 Å². The molecule has 0 aromatic rings. The summed E-state index contributed by atoms with van der Waals surface area (Å²) < 4.78 is 0. The van der Waals surface area contributed by atoms with Crippen LogP contribution in [0.15, 0.2) is 0 Å². The lowest BCUT2D eigenvalue weighted by atomic mass is 9.62. The molecule has 0 saturated heterocycles. The Kier molecular flexibility index (Phi) is 4.01. The summed E-state index contributed by atoms with van der Waals surface area (Å²) in [5.41, 5.74) is -2.81. The molecule has 0 fully saturated rings. The number of hydrogen-bond acceptors (Lipinski definition) is 3. The Hall–Kier alpha value is -1.39. The van der Waals surface area contributed by atoms with Gasteiger partial charge in [-0.05, 0) is 32.9 Å². The molecule has 0 radical (unpaired) electrons. The van der Waals surface area contributed by atoms with Crippen LogP contribution in [-0.4, -0.2) is 28.4 Å². The van der Waals surface area contributed by atoms with E-state index in [4.69, 9.17) is 15.6 Å². The first kappa shape index (κ1) is 13.6. The first-order valence-electron chi connectivity index (χ1n) is 4.72. The minimum Gasteiger partial charge on any atom is -0.481 e. The Morgan fingerprint density at radius 3 is 1.80 bits per heavy atom. The summed E-state index contributed by atoms with van der Waals surface area (Å²) in [5, 5.41) is 25.2. The van der Waals surface area contributed by atoms with Gasteiger partial charge in [0.1, 0.15) is 0 Å². The fraction of sp³-hybridized carbons (Fsp3) is 0.700. The van der Waals surface area contributed by atoms with Gasteiger partial charge in [0.15, 0.2) is 0 Å². The molecule has 5 heteroatoms. The molecule has 0 rings (SSSR count). The van der Waals surface area contributed by atoms with E-state index < -0.39 is 22.8 Å². The lowest BCUT2D eigenvalue weighted by Gasteiger charge is -2.38. The van der Waals surface area contributed by atoms with Crippen LogP contribution in [0.1, 0.15) is 33.6 Å². The van der Waals surface area contributed by atoms with E-state index in [1.165, 1.54) is 13.8 Å². The van der Waals surface area contributed by atoms with Gasteiger partial charge in [-0.25, -0.2) is 0 Å². The minimum absolute atomic E-state index is 0.0844. The fourth-order valence-corrected chi connectivity index (χ4v) is 1.53. The van der Waals surface area contributed by atoms with Crippen LogP contribution in [0.25, 0.3) is 0 Å². The normalized spacial score (nSPS) is 18.6. The van der Waals surface area contributed by atoms with Crippen LogP contribution < -0.4 is 0 Å². The third-order valence-electron chi connectivity index (χ3n) is 3.38. The van der Waals surface area contributed by atoms with Gasteiger partial charge >= 0.3 is 11.9 Å². The van der Waals surface area contributed by atoms with Crippen LogP contribution in [0.2, 0.25) is 0 Å². The van der Waals surface area contributed by atoms with Crippen molar-refractivity contribution in [1.82, 2.24) is 0 Å². The second-order valence-electron chi connectivity index (χ2n) is 4.04. The molecular weight excluding hydrogens is 198 g/mol. The topological polar surface area (TPSA) is 98.5 Å². The Balaban J connectivity index is 5.48. The second kappa shape index (κ2) is 4.42. The molecule has 2 atom stereocenters. The third-order valence-corrected chi connectivity index (χ3v) is 3.38. The molecule has 0 amide bonds. The lowest BCUT2D eigenvalue weighted by molar-refractivity contribution is -0.171. The molecule has 86 valence electrons. The SMILES string of the molecule is CC[C@](C)(C(=O)O)[C@@](C)(CC=N)C(=O)O. The standard InChI is InChI=1S/C10H17NO4/c1-4-9(2,7(12)13)10(3,5-6-11)8(14)15/h6,11H,4-5H2,1-3H3,(H,12,13)(H,14,15)/t9-,10+/m1/s1. The van der Waals surface area contributed by atoms with E-state index in [0.717, 1.165) is 6.21 Å². The first-order chi connectivity index (χ1) is 6.76. The van der Waals surface area contributed by atoms with Crippen molar-refractivity contribution >= 4 is 18.2 Å². The molecule has 0 heterocycles. The smallest absolute Gasteiger partial charge is 0.310 e. The zero-order valence-electron chi connectivity index (χ0n) is 9.20. The van der Waals surface area contributed by atoms with Crippen molar-refractivity contribution in [2.45, 2.75) is 33.6 Å². The monoisotopic (exact) mass is 215 g/mol. The molecule has 0 aliphatic heterocycles. The van der Waals surface area contributed by atoms with Crippen LogP contribution in [0.5, 0.6) is 0 Å². The van der Waals surface area contributed by atoms with Gasteiger partial charge in [-0.2, -0.15) is 0 Å². The molecule has 5 nitrogen and oxygen atoms in total. The number of carboxylic acids is 2.